The number of hydrogen-bond donors (Lipinski definition) is 2. The van der Waals surface area contributed by atoms with Crippen LogP contribution in [-0.2, 0) is 17.9 Å². The summed E-state index contributed by atoms with van der Waals surface area (Å²) >= 11 is 0. The Balaban J connectivity index is 2.46. The maximum atomic E-state index is 11.6. The van der Waals surface area contributed by atoms with Gasteiger partial charge in [-0.05, 0) is 13.0 Å². The molecule has 0 bridgehead atoms. The van der Waals surface area contributed by atoms with Crippen molar-refractivity contribution < 1.29 is 4.79 Å². The molecule has 1 heterocycles. The third-order valence-corrected chi connectivity index (χ3v) is 2.18. The number of imidazole rings is 1. The van der Waals surface area contributed by atoms with Crippen LogP contribution in [0.25, 0.3) is 0 Å². The van der Waals surface area contributed by atoms with E-state index in [1.54, 1.807) is 12.5 Å². The Morgan fingerprint density at radius 3 is 2.94 bits per heavy atom. The fourth-order valence-corrected chi connectivity index (χ4v) is 1.35. The van der Waals surface area contributed by atoms with Gasteiger partial charge in [0.1, 0.15) is 6.54 Å². The van der Waals surface area contributed by atoms with Crippen molar-refractivity contribution in [2.24, 2.45) is 5.92 Å². The van der Waals surface area contributed by atoms with Crippen molar-refractivity contribution in [2.45, 2.75) is 26.9 Å². The first-order chi connectivity index (χ1) is 7.63. The Bertz CT molecular complexity index is 332. The smallest absolute Gasteiger partial charge is 0.239 e. The van der Waals surface area contributed by atoms with Gasteiger partial charge in [-0.3, -0.25) is 4.79 Å². The van der Waals surface area contributed by atoms with Crippen LogP contribution in [-0.4, -0.2) is 29.1 Å². The topological polar surface area (TPSA) is 59.0 Å². The molecule has 1 rings (SSSR count). The highest BCUT2D eigenvalue weighted by Gasteiger charge is 2.06. The number of nitrogens with one attached hydrogen (secondary N) is 2. The molecule has 0 radical (unpaired) electrons. The van der Waals surface area contributed by atoms with Crippen LogP contribution >= 0.6 is 0 Å². The zero-order chi connectivity index (χ0) is 12.0. The van der Waals surface area contributed by atoms with E-state index in [1.165, 1.54) is 0 Å². The number of hydrogen-bond acceptors (Lipinski definition) is 3. The predicted molar refractivity (Wildman–Crippen MR) is 62.8 cm³/mol. The van der Waals surface area contributed by atoms with Crippen LogP contribution in [0.2, 0.25) is 0 Å². The molecular weight excluding hydrogens is 204 g/mol. The van der Waals surface area contributed by atoms with Gasteiger partial charge in [0.05, 0.1) is 12.0 Å². The molecule has 0 aliphatic rings. The second kappa shape index (κ2) is 6.27. The molecular formula is C11H20N4O. The molecule has 0 aliphatic heterocycles. The predicted octanol–water partition coefficient (Wildman–Crippen LogP) is 0.375. The van der Waals surface area contributed by atoms with Crippen molar-refractivity contribution >= 4 is 5.91 Å². The van der Waals surface area contributed by atoms with Crippen molar-refractivity contribution in [1.82, 2.24) is 20.2 Å². The molecule has 0 aromatic carbocycles. The highest BCUT2D eigenvalue weighted by atomic mass is 16.1. The van der Waals surface area contributed by atoms with Gasteiger partial charge in [-0.2, -0.15) is 0 Å². The molecule has 0 aliphatic carbocycles. The molecule has 2 N–H and O–H groups in total. The monoisotopic (exact) mass is 224 g/mol. The van der Waals surface area contributed by atoms with Crippen LogP contribution in [0.5, 0.6) is 0 Å². The summed E-state index contributed by atoms with van der Waals surface area (Å²) in [6.45, 7) is 5.92. The number of amides is 1. The van der Waals surface area contributed by atoms with E-state index >= 15 is 0 Å². The Morgan fingerprint density at radius 1 is 1.56 bits per heavy atom. The molecule has 90 valence electrons. The molecule has 1 aromatic heterocycles. The summed E-state index contributed by atoms with van der Waals surface area (Å²) in [5.74, 6) is 0.507. The Hall–Kier alpha value is -1.36. The van der Waals surface area contributed by atoms with Gasteiger partial charge in [-0.25, -0.2) is 4.98 Å². The minimum atomic E-state index is 0.0315. The van der Waals surface area contributed by atoms with E-state index in [2.05, 4.69) is 29.5 Å². The van der Waals surface area contributed by atoms with Crippen LogP contribution in [0.4, 0.5) is 0 Å². The van der Waals surface area contributed by atoms with E-state index < -0.39 is 0 Å². The molecule has 1 amide bonds. The third kappa shape index (κ3) is 4.02. The van der Waals surface area contributed by atoms with Crippen LogP contribution in [0, 0.1) is 5.92 Å². The van der Waals surface area contributed by atoms with Gasteiger partial charge in [0, 0.05) is 19.3 Å². The molecule has 0 saturated carbocycles. The second-order valence-corrected chi connectivity index (χ2v) is 4.24. The Labute approximate surface area is 96.3 Å². The lowest BCUT2D eigenvalue weighted by atomic mass is 10.2. The van der Waals surface area contributed by atoms with Crippen LogP contribution in [0.3, 0.4) is 0 Å². The summed E-state index contributed by atoms with van der Waals surface area (Å²) in [6, 6.07) is 0. The van der Waals surface area contributed by atoms with Crippen molar-refractivity contribution in [3.63, 3.8) is 0 Å². The molecule has 5 nitrogen and oxygen atoms in total. The van der Waals surface area contributed by atoms with E-state index in [0.29, 0.717) is 12.5 Å². The standard InChI is InChI=1S/C11H20N4O/c1-9(2)4-14-11(16)7-15-8-13-6-10(15)5-12-3/h6,8-9,12H,4-5,7H2,1-3H3,(H,14,16). The summed E-state index contributed by atoms with van der Waals surface area (Å²) in [6.07, 6.45) is 3.45. The molecule has 0 saturated heterocycles. The number of aromatic nitrogens is 2. The van der Waals surface area contributed by atoms with E-state index in [9.17, 15) is 4.79 Å². The molecule has 0 spiro atoms. The average Bonchev–Trinajstić information content (AvgIpc) is 2.63. The van der Waals surface area contributed by atoms with E-state index in [-0.39, 0.29) is 5.91 Å². The molecule has 0 atom stereocenters. The van der Waals surface area contributed by atoms with Crippen LogP contribution in [0.1, 0.15) is 19.5 Å². The van der Waals surface area contributed by atoms with Crippen LogP contribution in [0.15, 0.2) is 12.5 Å². The fourth-order valence-electron chi connectivity index (χ4n) is 1.35. The number of carbonyl (C=O) groups is 1. The van der Waals surface area contributed by atoms with Gasteiger partial charge in [0.2, 0.25) is 5.91 Å². The minimum absolute atomic E-state index is 0.0315. The summed E-state index contributed by atoms with van der Waals surface area (Å²) in [7, 11) is 1.87. The van der Waals surface area contributed by atoms with Gasteiger partial charge in [-0.1, -0.05) is 13.8 Å². The highest BCUT2D eigenvalue weighted by Crippen LogP contribution is 1.98. The quantitative estimate of drug-likeness (QED) is 0.734. The zero-order valence-corrected chi connectivity index (χ0v) is 10.2. The van der Waals surface area contributed by atoms with E-state index in [0.717, 1.165) is 18.8 Å². The van der Waals surface area contributed by atoms with Gasteiger partial charge < -0.3 is 15.2 Å². The first-order valence-electron chi connectivity index (χ1n) is 5.53. The molecule has 0 fully saturated rings. The van der Waals surface area contributed by atoms with E-state index in [4.69, 9.17) is 0 Å². The SMILES string of the molecule is CNCc1cncn1CC(=O)NCC(C)C. The second-order valence-electron chi connectivity index (χ2n) is 4.24. The summed E-state index contributed by atoms with van der Waals surface area (Å²) in [5, 5.41) is 5.92. The summed E-state index contributed by atoms with van der Waals surface area (Å²) < 4.78 is 1.85. The molecule has 0 unspecified atom stereocenters. The lowest BCUT2D eigenvalue weighted by Gasteiger charge is -2.10. The lowest BCUT2D eigenvalue weighted by Crippen LogP contribution is -2.31. The van der Waals surface area contributed by atoms with Gasteiger partial charge in [-0.15, -0.1) is 0 Å². The Morgan fingerprint density at radius 2 is 2.31 bits per heavy atom. The van der Waals surface area contributed by atoms with Crippen molar-refractivity contribution in [1.29, 1.82) is 0 Å². The van der Waals surface area contributed by atoms with Crippen LogP contribution < -0.4 is 10.6 Å². The number of nitrogens with zero attached hydrogens (tertiary/aromatic N) is 2. The number of rotatable bonds is 6. The summed E-state index contributed by atoms with van der Waals surface area (Å²) in [5.41, 5.74) is 1.02. The zero-order valence-electron chi connectivity index (χ0n) is 10.2. The summed E-state index contributed by atoms with van der Waals surface area (Å²) in [4.78, 5) is 15.6. The fraction of sp³-hybridized carbons (Fsp3) is 0.636. The van der Waals surface area contributed by atoms with Gasteiger partial charge in [0.15, 0.2) is 0 Å². The van der Waals surface area contributed by atoms with Crippen molar-refractivity contribution in [3.8, 4) is 0 Å². The molecule has 1 aromatic rings. The Kier molecular flexibility index (Phi) is 4.98. The highest BCUT2D eigenvalue weighted by molar-refractivity contribution is 5.75. The van der Waals surface area contributed by atoms with Gasteiger partial charge >= 0.3 is 0 Å². The first-order valence-corrected chi connectivity index (χ1v) is 5.53. The van der Waals surface area contributed by atoms with Crippen molar-refractivity contribution in [3.05, 3.63) is 18.2 Å². The minimum Gasteiger partial charge on any atom is -0.354 e. The lowest BCUT2D eigenvalue weighted by molar-refractivity contribution is -0.121. The number of carbonyl (C=O) groups excluding carboxylic acids is 1. The normalized spacial score (nSPS) is 10.8. The first kappa shape index (κ1) is 12.7. The van der Waals surface area contributed by atoms with E-state index in [1.807, 2.05) is 11.6 Å². The largest absolute Gasteiger partial charge is 0.354 e. The maximum absolute atomic E-state index is 11.6. The van der Waals surface area contributed by atoms with Gasteiger partial charge in [0.25, 0.3) is 0 Å². The molecule has 16 heavy (non-hydrogen) atoms. The average molecular weight is 224 g/mol. The molecule has 5 heteroatoms. The van der Waals surface area contributed by atoms with Crippen molar-refractivity contribution in [2.75, 3.05) is 13.6 Å². The third-order valence-electron chi connectivity index (χ3n) is 2.18. The maximum Gasteiger partial charge on any atom is 0.239 e.